The summed E-state index contributed by atoms with van der Waals surface area (Å²) in [5.74, 6) is 0.967. The van der Waals surface area contributed by atoms with Crippen LogP contribution in [0.5, 0.6) is 0 Å². The number of fused-ring (bicyclic) bond motifs is 3. The van der Waals surface area contributed by atoms with Gasteiger partial charge in [0.15, 0.2) is 0 Å². The molecule has 0 fully saturated rings. The van der Waals surface area contributed by atoms with E-state index in [1.165, 1.54) is 11.1 Å². The molecule has 0 atom stereocenters. The third-order valence-corrected chi connectivity index (χ3v) is 5.11. The van der Waals surface area contributed by atoms with Crippen LogP contribution in [-0.2, 0) is 7.05 Å². The number of hydrogen-bond acceptors (Lipinski definition) is 2. The van der Waals surface area contributed by atoms with Crippen molar-refractivity contribution in [3.63, 3.8) is 0 Å². The summed E-state index contributed by atoms with van der Waals surface area (Å²) in [6.45, 7) is 2.13. The maximum atomic E-state index is 6.04. The summed E-state index contributed by atoms with van der Waals surface area (Å²) in [4.78, 5) is 4.52. The van der Waals surface area contributed by atoms with E-state index in [0.29, 0.717) is 0 Å². The minimum Gasteiger partial charge on any atom is -0.456 e. The summed E-state index contributed by atoms with van der Waals surface area (Å²) >= 11 is 0. The van der Waals surface area contributed by atoms with E-state index in [9.17, 15) is 0 Å². The van der Waals surface area contributed by atoms with Gasteiger partial charge in [-0.25, -0.2) is 4.57 Å². The lowest BCUT2D eigenvalue weighted by Gasteiger charge is -2.07. The first-order chi connectivity index (χ1) is 13.2. The van der Waals surface area contributed by atoms with Gasteiger partial charge in [0.25, 0.3) is 0 Å². The zero-order valence-electron chi connectivity index (χ0n) is 15.3. The Morgan fingerprint density at radius 3 is 2.44 bits per heavy atom. The molecule has 2 heterocycles. The smallest absolute Gasteiger partial charge is 0.330 e. The van der Waals surface area contributed by atoms with E-state index >= 15 is 0 Å². The van der Waals surface area contributed by atoms with Crippen molar-refractivity contribution in [2.75, 3.05) is 0 Å². The van der Waals surface area contributed by atoms with Crippen LogP contribution < -0.4 is 4.57 Å². The minimum atomic E-state index is 0.923. The number of aryl methyl sites for hydroxylation is 2. The average molecular weight is 351 g/mol. The van der Waals surface area contributed by atoms with Gasteiger partial charge in [0, 0.05) is 16.8 Å². The number of hydrogen-bond donors (Lipinski definition) is 0. The second kappa shape index (κ2) is 6.06. The predicted octanol–water partition coefficient (Wildman–Crippen LogP) is 5.45. The maximum absolute atomic E-state index is 6.04. The molecule has 3 nitrogen and oxygen atoms in total. The number of nitrogens with zero attached hydrogens (tertiary/aromatic N) is 2. The SMILES string of the molecule is Cc1cc(-c2ccc3c(c2)oc2ccccc23)ccc1-c1nccc[n+]1C. The van der Waals surface area contributed by atoms with E-state index in [1.54, 1.807) is 0 Å². The van der Waals surface area contributed by atoms with Crippen LogP contribution in [-0.4, -0.2) is 4.98 Å². The normalized spacial score (nSPS) is 11.3. The van der Waals surface area contributed by atoms with Crippen molar-refractivity contribution in [1.82, 2.24) is 4.98 Å². The molecule has 0 aliphatic carbocycles. The van der Waals surface area contributed by atoms with Crippen molar-refractivity contribution >= 4 is 21.9 Å². The topological polar surface area (TPSA) is 29.9 Å². The van der Waals surface area contributed by atoms with E-state index in [-0.39, 0.29) is 0 Å². The number of furan rings is 1. The van der Waals surface area contributed by atoms with Crippen molar-refractivity contribution in [1.29, 1.82) is 0 Å². The Bertz CT molecular complexity index is 1300. The molecular formula is C24H19N2O+. The van der Waals surface area contributed by atoms with Crippen molar-refractivity contribution in [2.24, 2.45) is 7.05 Å². The fraction of sp³-hybridized carbons (Fsp3) is 0.0833. The highest BCUT2D eigenvalue weighted by atomic mass is 16.3. The summed E-state index contributed by atoms with van der Waals surface area (Å²) in [6, 6.07) is 23.1. The zero-order valence-corrected chi connectivity index (χ0v) is 15.3. The first-order valence-electron chi connectivity index (χ1n) is 9.04. The van der Waals surface area contributed by atoms with Gasteiger partial charge in [0.05, 0.1) is 18.8 Å². The molecule has 0 unspecified atom stereocenters. The first-order valence-corrected chi connectivity index (χ1v) is 9.04. The number of aromatic nitrogens is 2. The predicted molar refractivity (Wildman–Crippen MR) is 108 cm³/mol. The fourth-order valence-corrected chi connectivity index (χ4v) is 3.70. The van der Waals surface area contributed by atoms with Crippen LogP contribution in [0, 0.1) is 6.92 Å². The van der Waals surface area contributed by atoms with Crippen LogP contribution in [0.15, 0.2) is 83.5 Å². The Labute approximate surface area is 157 Å². The van der Waals surface area contributed by atoms with E-state index < -0.39 is 0 Å². The summed E-state index contributed by atoms with van der Waals surface area (Å²) in [6.07, 6.45) is 3.85. The Kier molecular flexibility index (Phi) is 3.54. The van der Waals surface area contributed by atoms with Crippen molar-refractivity contribution < 1.29 is 8.98 Å². The van der Waals surface area contributed by atoms with E-state index in [2.05, 4.69) is 54.4 Å². The number of rotatable bonds is 2. The van der Waals surface area contributed by atoms with Crippen molar-refractivity contribution in [2.45, 2.75) is 6.92 Å². The van der Waals surface area contributed by atoms with Gasteiger partial charge in [-0.2, -0.15) is 0 Å². The lowest BCUT2D eigenvalue weighted by atomic mass is 9.98. The number of para-hydroxylation sites is 1. The van der Waals surface area contributed by atoms with Crippen LogP contribution in [0.4, 0.5) is 0 Å². The van der Waals surface area contributed by atoms with Crippen LogP contribution in [0.1, 0.15) is 5.56 Å². The lowest BCUT2D eigenvalue weighted by molar-refractivity contribution is -0.663. The molecular weight excluding hydrogens is 332 g/mol. The third kappa shape index (κ3) is 2.59. The van der Waals surface area contributed by atoms with E-state index in [1.807, 2.05) is 48.3 Å². The molecule has 0 aliphatic rings. The van der Waals surface area contributed by atoms with Crippen LogP contribution in [0.25, 0.3) is 44.5 Å². The highest BCUT2D eigenvalue weighted by Gasteiger charge is 2.15. The van der Waals surface area contributed by atoms with Gasteiger partial charge < -0.3 is 4.42 Å². The van der Waals surface area contributed by atoms with Gasteiger partial charge in [0.2, 0.25) is 0 Å². The van der Waals surface area contributed by atoms with Crippen LogP contribution in [0.2, 0.25) is 0 Å². The molecule has 0 N–H and O–H groups in total. The fourth-order valence-electron chi connectivity index (χ4n) is 3.70. The molecule has 0 spiro atoms. The summed E-state index contributed by atoms with van der Waals surface area (Å²) < 4.78 is 8.08. The van der Waals surface area contributed by atoms with E-state index in [4.69, 9.17) is 4.42 Å². The molecule has 2 aromatic heterocycles. The molecule has 27 heavy (non-hydrogen) atoms. The third-order valence-electron chi connectivity index (χ3n) is 5.11. The lowest BCUT2D eigenvalue weighted by Crippen LogP contribution is -2.31. The molecule has 0 amide bonds. The molecule has 0 saturated heterocycles. The minimum absolute atomic E-state index is 0.923. The molecule has 3 aromatic carbocycles. The molecule has 0 radical (unpaired) electrons. The highest BCUT2D eigenvalue weighted by molar-refractivity contribution is 6.05. The Balaban J connectivity index is 1.61. The quantitative estimate of drug-likeness (QED) is 0.396. The van der Waals surface area contributed by atoms with Crippen LogP contribution >= 0.6 is 0 Å². The van der Waals surface area contributed by atoms with Crippen molar-refractivity contribution in [3.8, 4) is 22.5 Å². The molecule has 0 saturated carbocycles. The van der Waals surface area contributed by atoms with Gasteiger partial charge in [-0.3, -0.25) is 0 Å². The molecule has 0 bridgehead atoms. The summed E-state index contributed by atoms with van der Waals surface area (Å²) in [5, 5.41) is 2.32. The van der Waals surface area contributed by atoms with Gasteiger partial charge in [-0.1, -0.05) is 36.4 Å². The largest absolute Gasteiger partial charge is 0.456 e. The molecule has 3 heteroatoms. The Hall–Kier alpha value is -3.46. The van der Waals surface area contributed by atoms with Gasteiger partial charge in [-0.05, 0) is 52.9 Å². The second-order valence-corrected chi connectivity index (χ2v) is 6.89. The second-order valence-electron chi connectivity index (χ2n) is 6.89. The maximum Gasteiger partial charge on any atom is 0.330 e. The molecule has 5 aromatic rings. The highest BCUT2D eigenvalue weighted by Crippen LogP contribution is 2.33. The van der Waals surface area contributed by atoms with E-state index in [0.717, 1.165) is 38.9 Å². The Morgan fingerprint density at radius 2 is 1.59 bits per heavy atom. The van der Waals surface area contributed by atoms with Gasteiger partial charge in [0.1, 0.15) is 17.4 Å². The summed E-state index contributed by atoms with van der Waals surface area (Å²) in [5.41, 5.74) is 6.53. The number of benzene rings is 3. The van der Waals surface area contributed by atoms with Gasteiger partial charge in [-0.15, -0.1) is 0 Å². The molecule has 5 rings (SSSR count). The van der Waals surface area contributed by atoms with Crippen molar-refractivity contribution in [3.05, 3.63) is 84.7 Å². The van der Waals surface area contributed by atoms with Gasteiger partial charge >= 0.3 is 5.82 Å². The standard InChI is InChI=1S/C24H19N2O/c1-16-14-17(8-10-19(16)24-25-12-5-13-26(24)2)18-9-11-21-20-6-3-4-7-22(20)27-23(21)15-18/h3-15H,1-2H3/q+1. The summed E-state index contributed by atoms with van der Waals surface area (Å²) in [7, 11) is 2.02. The molecule has 0 aliphatic heterocycles. The first kappa shape index (κ1) is 15.8. The molecule has 130 valence electrons. The monoisotopic (exact) mass is 351 g/mol. The zero-order chi connectivity index (χ0) is 18.4. The Morgan fingerprint density at radius 1 is 0.815 bits per heavy atom. The van der Waals surface area contributed by atoms with Crippen LogP contribution in [0.3, 0.4) is 0 Å². The average Bonchev–Trinajstić information content (AvgIpc) is 3.06.